The monoisotopic (exact) mass is 207 g/mol. The number of nitrogens with one attached hydrogen (secondary N) is 1. The van der Waals surface area contributed by atoms with Gasteiger partial charge in [0.2, 0.25) is 0 Å². The maximum absolute atomic E-state index is 12.0. The van der Waals surface area contributed by atoms with Gasteiger partial charge in [0, 0.05) is 13.1 Å². The predicted molar refractivity (Wildman–Crippen MR) is 32.0 cm³/mol. The summed E-state index contributed by atoms with van der Waals surface area (Å²) in [6.45, 7) is -1.29. The largest absolute Gasteiger partial charge is 0.393 e. The van der Waals surface area contributed by atoms with Gasteiger partial charge in [0.05, 0.1) is 11.8 Å². The average molecular weight is 207 g/mol. The summed E-state index contributed by atoms with van der Waals surface area (Å²) < 4.78 is 72.0. The third-order valence-electron chi connectivity index (χ3n) is 2.06. The van der Waals surface area contributed by atoms with Crippen molar-refractivity contribution in [2.24, 2.45) is 11.8 Å². The Hall–Kier alpha value is -0.460. The van der Waals surface area contributed by atoms with Crippen molar-refractivity contribution in [2.45, 2.75) is 12.4 Å². The van der Waals surface area contributed by atoms with Crippen LogP contribution in [-0.2, 0) is 0 Å². The molecule has 1 N–H and O–H groups in total. The Morgan fingerprint density at radius 3 is 1.31 bits per heavy atom. The highest BCUT2D eigenvalue weighted by Crippen LogP contribution is 2.42. The molecule has 13 heavy (non-hydrogen) atoms. The van der Waals surface area contributed by atoms with Crippen LogP contribution in [0.5, 0.6) is 0 Å². The fourth-order valence-electron chi connectivity index (χ4n) is 1.37. The van der Waals surface area contributed by atoms with E-state index >= 15 is 0 Å². The van der Waals surface area contributed by atoms with Gasteiger partial charge in [0.25, 0.3) is 0 Å². The maximum atomic E-state index is 12.0. The highest BCUT2D eigenvalue weighted by atomic mass is 19.4. The summed E-state index contributed by atoms with van der Waals surface area (Å²) in [5.41, 5.74) is 0. The lowest BCUT2D eigenvalue weighted by atomic mass is 9.95. The molecule has 0 aliphatic carbocycles. The average Bonchev–Trinajstić information content (AvgIpc) is 2.27. The van der Waals surface area contributed by atoms with Crippen LogP contribution in [0.2, 0.25) is 0 Å². The van der Waals surface area contributed by atoms with E-state index in [0.717, 1.165) is 0 Å². The van der Waals surface area contributed by atoms with Crippen LogP contribution in [0, 0.1) is 11.8 Å². The summed E-state index contributed by atoms with van der Waals surface area (Å²) in [6.07, 6.45) is -9.55. The van der Waals surface area contributed by atoms with Gasteiger partial charge in [0.15, 0.2) is 0 Å². The highest BCUT2D eigenvalue weighted by Gasteiger charge is 2.57. The summed E-state index contributed by atoms with van der Waals surface area (Å²) in [4.78, 5) is 0. The van der Waals surface area contributed by atoms with E-state index in [1.807, 2.05) is 0 Å². The molecule has 1 rings (SSSR count). The van der Waals surface area contributed by atoms with E-state index in [4.69, 9.17) is 0 Å². The molecule has 0 aromatic heterocycles. The van der Waals surface area contributed by atoms with Crippen molar-refractivity contribution in [3.8, 4) is 0 Å². The Balaban J connectivity index is 2.76. The first-order valence-electron chi connectivity index (χ1n) is 3.57. The minimum Gasteiger partial charge on any atom is -0.315 e. The van der Waals surface area contributed by atoms with E-state index in [1.165, 1.54) is 0 Å². The molecule has 1 aliphatic rings. The molecular weight excluding hydrogens is 200 g/mol. The maximum Gasteiger partial charge on any atom is 0.393 e. The van der Waals surface area contributed by atoms with Crippen LogP contribution >= 0.6 is 0 Å². The van der Waals surface area contributed by atoms with Crippen molar-refractivity contribution in [2.75, 3.05) is 13.1 Å². The second kappa shape index (κ2) is 3.04. The lowest BCUT2D eigenvalue weighted by molar-refractivity contribution is -0.239. The summed E-state index contributed by atoms with van der Waals surface area (Å²) in [7, 11) is 0. The Labute approximate surface area is 70.1 Å². The first-order chi connectivity index (χ1) is 5.73. The number of alkyl halides is 6. The van der Waals surface area contributed by atoms with Crippen LogP contribution in [0.1, 0.15) is 0 Å². The molecule has 0 radical (unpaired) electrons. The normalized spacial score (nSPS) is 30.9. The zero-order valence-corrected chi connectivity index (χ0v) is 6.34. The van der Waals surface area contributed by atoms with E-state index in [2.05, 4.69) is 5.32 Å². The number of hydrogen-bond donors (Lipinski definition) is 1. The third kappa shape index (κ3) is 2.26. The Bertz CT molecular complexity index is 163. The van der Waals surface area contributed by atoms with Gasteiger partial charge in [-0.1, -0.05) is 0 Å². The molecule has 1 saturated heterocycles. The first-order valence-corrected chi connectivity index (χ1v) is 3.57. The molecule has 7 heteroatoms. The lowest BCUT2D eigenvalue weighted by Gasteiger charge is -2.23. The summed E-state index contributed by atoms with van der Waals surface area (Å²) in [6, 6.07) is 0. The summed E-state index contributed by atoms with van der Waals surface area (Å²) in [5, 5.41) is 2.10. The zero-order valence-electron chi connectivity index (χ0n) is 6.34. The molecule has 0 spiro atoms. The molecule has 0 amide bonds. The molecule has 78 valence electrons. The molecule has 0 aromatic carbocycles. The lowest BCUT2D eigenvalue weighted by Crippen LogP contribution is -2.37. The third-order valence-corrected chi connectivity index (χ3v) is 2.06. The molecule has 0 bridgehead atoms. The zero-order chi connectivity index (χ0) is 10.3. The van der Waals surface area contributed by atoms with E-state index in [9.17, 15) is 26.3 Å². The molecule has 0 unspecified atom stereocenters. The van der Waals surface area contributed by atoms with Gasteiger partial charge in [-0.25, -0.2) is 0 Å². The van der Waals surface area contributed by atoms with Crippen LogP contribution < -0.4 is 5.32 Å². The molecule has 1 nitrogen and oxygen atoms in total. The fourth-order valence-corrected chi connectivity index (χ4v) is 1.37. The molecule has 1 heterocycles. The Kier molecular flexibility index (Phi) is 2.48. The van der Waals surface area contributed by atoms with Crippen molar-refractivity contribution in [3.05, 3.63) is 0 Å². The molecule has 1 fully saturated rings. The molecule has 0 aromatic rings. The minimum atomic E-state index is -4.77. The second-order valence-corrected chi connectivity index (χ2v) is 2.95. The van der Waals surface area contributed by atoms with Gasteiger partial charge >= 0.3 is 12.4 Å². The number of halogens is 6. The van der Waals surface area contributed by atoms with Crippen LogP contribution in [0.15, 0.2) is 0 Å². The molecule has 2 atom stereocenters. The van der Waals surface area contributed by atoms with Crippen molar-refractivity contribution in [1.29, 1.82) is 0 Å². The van der Waals surface area contributed by atoms with E-state index in [0.29, 0.717) is 0 Å². The minimum absolute atomic E-state index is 0.645. The standard InChI is InChI=1S/C6H7F6N/c7-5(8,9)3-1-13-2-4(3)6(10,11)12/h3-4,13H,1-2H2/t3-,4+. The number of hydrogen-bond acceptors (Lipinski definition) is 1. The number of rotatable bonds is 0. The van der Waals surface area contributed by atoms with E-state index in [1.54, 1.807) is 0 Å². The van der Waals surface area contributed by atoms with Crippen molar-refractivity contribution in [3.63, 3.8) is 0 Å². The van der Waals surface area contributed by atoms with Gasteiger partial charge in [-0.05, 0) is 0 Å². The topological polar surface area (TPSA) is 12.0 Å². The molecule has 1 aliphatic heterocycles. The van der Waals surface area contributed by atoms with E-state index in [-0.39, 0.29) is 0 Å². The fraction of sp³-hybridized carbons (Fsp3) is 1.00. The highest BCUT2D eigenvalue weighted by molar-refractivity contribution is 4.89. The van der Waals surface area contributed by atoms with Gasteiger partial charge in [-0.2, -0.15) is 26.3 Å². The van der Waals surface area contributed by atoms with Gasteiger partial charge < -0.3 is 5.32 Å². The van der Waals surface area contributed by atoms with Crippen LogP contribution in [-0.4, -0.2) is 25.4 Å². The van der Waals surface area contributed by atoms with Gasteiger partial charge in [-0.3, -0.25) is 0 Å². The first kappa shape index (κ1) is 10.6. The second-order valence-electron chi connectivity index (χ2n) is 2.95. The Morgan fingerprint density at radius 1 is 0.769 bits per heavy atom. The van der Waals surface area contributed by atoms with Gasteiger partial charge in [-0.15, -0.1) is 0 Å². The van der Waals surface area contributed by atoms with Crippen molar-refractivity contribution < 1.29 is 26.3 Å². The SMILES string of the molecule is FC(F)(F)[C@@H]1CNC[C@@H]1C(F)(F)F. The van der Waals surface area contributed by atoms with Crippen molar-refractivity contribution >= 4 is 0 Å². The predicted octanol–water partition coefficient (Wildman–Crippen LogP) is 1.95. The van der Waals surface area contributed by atoms with Crippen LogP contribution in [0.25, 0.3) is 0 Å². The summed E-state index contributed by atoms with van der Waals surface area (Å²) in [5.74, 6) is -4.60. The van der Waals surface area contributed by atoms with Crippen LogP contribution in [0.4, 0.5) is 26.3 Å². The Morgan fingerprint density at radius 2 is 1.08 bits per heavy atom. The summed E-state index contributed by atoms with van der Waals surface area (Å²) >= 11 is 0. The van der Waals surface area contributed by atoms with Crippen molar-refractivity contribution in [1.82, 2.24) is 5.32 Å². The quantitative estimate of drug-likeness (QED) is 0.598. The van der Waals surface area contributed by atoms with E-state index < -0.39 is 37.3 Å². The van der Waals surface area contributed by atoms with Gasteiger partial charge in [0.1, 0.15) is 0 Å². The smallest absolute Gasteiger partial charge is 0.315 e. The molecule has 0 saturated carbocycles. The molecular formula is C6H7F6N. The van der Waals surface area contributed by atoms with Crippen LogP contribution in [0.3, 0.4) is 0 Å².